The van der Waals surface area contributed by atoms with E-state index < -0.39 is 12.1 Å². The molecule has 0 amide bonds. The lowest BCUT2D eigenvalue weighted by molar-refractivity contribution is -0.180. The topological polar surface area (TPSA) is 32.7 Å². The lowest BCUT2D eigenvalue weighted by atomic mass is 9.96. The molecule has 0 spiro atoms. The summed E-state index contributed by atoms with van der Waals surface area (Å²) in [7, 11) is 1.50. The molecule has 0 saturated carbocycles. The summed E-state index contributed by atoms with van der Waals surface area (Å²) in [6.07, 6.45) is -4.14. The summed E-state index contributed by atoms with van der Waals surface area (Å²) in [5.41, 5.74) is 2.12. The lowest BCUT2D eigenvalue weighted by Gasteiger charge is -2.42. The molecule has 1 heterocycles. The summed E-state index contributed by atoms with van der Waals surface area (Å²) in [6, 6.07) is 3.41. The number of halogens is 3. The van der Waals surface area contributed by atoms with Crippen LogP contribution < -0.4 is 9.64 Å². The highest BCUT2D eigenvalue weighted by molar-refractivity contribution is 5.62. The summed E-state index contributed by atoms with van der Waals surface area (Å²) in [4.78, 5) is 1.66. The molecule has 0 aliphatic carbocycles. The van der Waals surface area contributed by atoms with Gasteiger partial charge in [0, 0.05) is 24.3 Å². The molecule has 0 radical (unpaired) electrons. The van der Waals surface area contributed by atoms with Gasteiger partial charge in [0.15, 0.2) is 0 Å². The smallest absolute Gasteiger partial charge is 0.395 e. The zero-order chi connectivity index (χ0) is 14.2. The number of rotatable bonds is 3. The molecule has 1 aromatic rings. The maximum absolute atomic E-state index is 12.5. The summed E-state index contributed by atoms with van der Waals surface area (Å²) in [5, 5.41) is 9.17. The standard InChI is InChI=1S/C13H16F3NO2/c1-8-11(3-9(7-18)4-12(8)19-2)17-5-10(6-17)13(14,15)16/h3-4,10,18H,5-7H2,1-2H3. The van der Waals surface area contributed by atoms with Crippen molar-refractivity contribution in [2.24, 2.45) is 5.92 Å². The van der Waals surface area contributed by atoms with E-state index in [2.05, 4.69) is 0 Å². The average molecular weight is 275 g/mol. The van der Waals surface area contributed by atoms with Gasteiger partial charge < -0.3 is 14.7 Å². The van der Waals surface area contributed by atoms with Crippen LogP contribution in [-0.2, 0) is 6.61 Å². The highest BCUT2D eigenvalue weighted by atomic mass is 19.4. The molecule has 0 unspecified atom stereocenters. The van der Waals surface area contributed by atoms with Crippen molar-refractivity contribution in [2.45, 2.75) is 19.7 Å². The number of nitrogens with zero attached hydrogens (tertiary/aromatic N) is 1. The molecule has 2 rings (SSSR count). The van der Waals surface area contributed by atoms with Gasteiger partial charge in [-0.15, -0.1) is 0 Å². The maximum atomic E-state index is 12.5. The second-order valence-electron chi connectivity index (χ2n) is 4.74. The number of methoxy groups -OCH3 is 1. The third-order valence-electron chi connectivity index (χ3n) is 3.48. The summed E-state index contributed by atoms with van der Waals surface area (Å²) in [6.45, 7) is 1.56. The quantitative estimate of drug-likeness (QED) is 0.920. The van der Waals surface area contributed by atoms with Crippen LogP contribution in [0.1, 0.15) is 11.1 Å². The van der Waals surface area contributed by atoms with E-state index in [9.17, 15) is 18.3 Å². The van der Waals surface area contributed by atoms with E-state index in [0.29, 0.717) is 17.0 Å². The van der Waals surface area contributed by atoms with Crippen LogP contribution in [0.4, 0.5) is 18.9 Å². The van der Waals surface area contributed by atoms with E-state index in [-0.39, 0.29) is 19.7 Å². The normalized spacial score (nSPS) is 16.4. The van der Waals surface area contributed by atoms with Crippen LogP contribution in [-0.4, -0.2) is 31.5 Å². The van der Waals surface area contributed by atoms with Crippen molar-refractivity contribution in [2.75, 3.05) is 25.1 Å². The number of anilines is 1. The Hall–Kier alpha value is -1.43. The minimum Gasteiger partial charge on any atom is -0.496 e. The second kappa shape index (κ2) is 4.92. The van der Waals surface area contributed by atoms with Gasteiger partial charge in [0.05, 0.1) is 19.6 Å². The molecule has 1 saturated heterocycles. The van der Waals surface area contributed by atoms with Crippen molar-refractivity contribution in [1.82, 2.24) is 0 Å². The fraction of sp³-hybridized carbons (Fsp3) is 0.538. The fourth-order valence-electron chi connectivity index (χ4n) is 2.24. The Morgan fingerprint density at radius 3 is 2.47 bits per heavy atom. The maximum Gasteiger partial charge on any atom is 0.395 e. The molecule has 0 aromatic heterocycles. The average Bonchev–Trinajstić information content (AvgIpc) is 2.27. The third-order valence-corrected chi connectivity index (χ3v) is 3.48. The molecule has 1 aromatic carbocycles. The molecular formula is C13H16F3NO2. The van der Waals surface area contributed by atoms with Crippen LogP contribution in [0.2, 0.25) is 0 Å². The summed E-state index contributed by atoms with van der Waals surface area (Å²) >= 11 is 0. The van der Waals surface area contributed by atoms with E-state index in [0.717, 1.165) is 5.56 Å². The Kier molecular flexibility index (Phi) is 3.62. The van der Waals surface area contributed by atoms with Gasteiger partial charge in [-0.05, 0) is 24.6 Å². The molecule has 106 valence electrons. The van der Waals surface area contributed by atoms with E-state index in [1.807, 2.05) is 0 Å². The van der Waals surface area contributed by atoms with Gasteiger partial charge in [-0.25, -0.2) is 0 Å². The minimum absolute atomic E-state index is 0.0393. The Morgan fingerprint density at radius 2 is 2.00 bits per heavy atom. The van der Waals surface area contributed by atoms with Gasteiger partial charge in [0.2, 0.25) is 0 Å². The zero-order valence-corrected chi connectivity index (χ0v) is 10.8. The first-order valence-electron chi connectivity index (χ1n) is 5.97. The second-order valence-corrected chi connectivity index (χ2v) is 4.74. The first-order chi connectivity index (χ1) is 8.86. The number of hydrogen-bond donors (Lipinski definition) is 1. The van der Waals surface area contributed by atoms with Crippen molar-refractivity contribution in [1.29, 1.82) is 0 Å². The molecule has 1 N–H and O–H groups in total. The molecule has 0 bridgehead atoms. The van der Waals surface area contributed by atoms with Crippen molar-refractivity contribution < 1.29 is 23.0 Å². The predicted octanol–water partition coefficient (Wildman–Crippen LogP) is 2.49. The number of alkyl halides is 3. The molecule has 3 nitrogen and oxygen atoms in total. The lowest BCUT2D eigenvalue weighted by Crippen LogP contribution is -2.53. The van der Waals surface area contributed by atoms with Crippen LogP contribution in [0.5, 0.6) is 5.75 Å². The number of benzene rings is 1. The van der Waals surface area contributed by atoms with Crippen LogP contribution in [0, 0.1) is 12.8 Å². The van der Waals surface area contributed by atoms with Gasteiger partial charge >= 0.3 is 6.18 Å². The van der Waals surface area contributed by atoms with E-state index >= 15 is 0 Å². The Balaban J connectivity index is 2.22. The SMILES string of the molecule is COc1cc(CO)cc(N2CC(C(F)(F)F)C2)c1C. The third kappa shape index (κ3) is 2.63. The van der Waals surface area contributed by atoms with Gasteiger partial charge in [0.25, 0.3) is 0 Å². The van der Waals surface area contributed by atoms with Gasteiger partial charge in [-0.1, -0.05) is 0 Å². The van der Waals surface area contributed by atoms with Crippen molar-refractivity contribution in [3.63, 3.8) is 0 Å². The Labute approximate surface area is 109 Å². The van der Waals surface area contributed by atoms with Crippen LogP contribution >= 0.6 is 0 Å². The molecule has 1 aliphatic rings. The minimum atomic E-state index is -4.14. The highest BCUT2D eigenvalue weighted by Crippen LogP contribution is 2.39. The monoisotopic (exact) mass is 275 g/mol. The first-order valence-corrected chi connectivity index (χ1v) is 5.97. The van der Waals surface area contributed by atoms with Crippen LogP contribution in [0.3, 0.4) is 0 Å². The Morgan fingerprint density at radius 1 is 1.37 bits per heavy atom. The van der Waals surface area contributed by atoms with Crippen LogP contribution in [0.25, 0.3) is 0 Å². The van der Waals surface area contributed by atoms with Gasteiger partial charge in [-0.3, -0.25) is 0 Å². The molecule has 1 aliphatic heterocycles. The molecule has 19 heavy (non-hydrogen) atoms. The molecule has 0 atom stereocenters. The summed E-state index contributed by atoms with van der Waals surface area (Å²) < 4.78 is 42.7. The fourth-order valence-corrected chi connectivity index (χ4v) is 2.24. The van der Waals surface area contributed by atoms with Gasteiger partial charge in [0.1, 0.15) is 5.75 Å². The molecule has 1 fully saturated rings. The van der Waals surface area contributed by atoms with Crippen molar-refractivity contribution in [3.8, 4) is 5.75 Å². The van der Waals surface area contributed by atoms with Crippen molar-refractivity contribution in [3.05, 3.63) is 23.3 Å². The van der Waals surface area contributed by atoms with E-state index in [1.165, 1.54) is 7.11 Å². The predicted molar refractivity (Wildman–Crippen MR) is 65.4 cm³/mol. The number of ether oxygens (including phenoxy) is 1. The number of hydrogen-bond acceptors (Lipinski definition) is 3. The van der Waals surface area contributed by atoms with Gasteiger partial charge in [-0.2, -0.15) is 13.2 Å². The number of aliphatic hydroxyl groups is 1. The summed E-state index contributed by atoms with van der Waals surface area (Å²) in [5.74, 6) is -0.687. The van der Waals surface area contributed by atoms with E-state index in [4.69, 9.17) is 4.74 Å². The number of aliphatic hydroxyl groups excluding tert-OH is 1. The Bertz CT molecular complexity index is 468. The van der Waals surface area contributed by atoms with Crippen molar-refractivity contribution >= 4 is 5.69 Å². The largest absolute Gasteiger partial charge is 0.496 e. The zero-order valence-electron chi connectivity index (χ0n) is 10.8. The molecular weight excluding hydrogens is 259 g/mol. The highest BCUT2D eigenvalue weighted by Gasteiger charge is 2.47. The molecule has 6 heteroatoms. The van der Waals surface area contributed by atoms with E-state index in [1.54, 1.807) is 24.0 Å². The van der Waals surface area contributed by atoms with Crippen LogP contribution in [0.15, 0.2) is 12.1 Å². The first kappa shape index (κ1) is 14.0.